The van der Waals surface area contributed by atoms with Gasteiger partial charge in [0.25, 0.3) is 0 Å². The van der Waals surface area contributed by atoms with Crippen molar-refractivity contribution in [3.8, 4) is 5.75 Å². The molecule has 1 atom stereocenters. The van der Waals surface area contributed by atoms with Crippen LogP contribution in [0.3, 0.4) is 0 Å². The van der Waals surface area contributed by atoms with Gasteiger partial charge < -0.3 is 25.4 Å². The van der Waals surface area contributed by atoms with Gasteiger partial charge in [0.1, 0.15) is 5.75 Å². The molecule has 1 saturated heterocycles. The number of ether oxygens (including phenoxy) is 1. The van der Waals surface area contributed by atoms with Crippen molar-refractivity contribution in [2.75, 3.05) is 51.3 Å². The molecule has 1 aromatic rings. The zero-order valence-electron chi connectivity index (χ0n) is 19.2. The molecule has 1 aliphatic carbocycles. The molecule has 1 saturated carbocycles. The van der Waals surface area contributed by atoms with Crippen LogP contribution >= 0.6 is 24.0 Å². The summed E-state index contributed by atoms with van der Waals surface area (Å²) in [7, 11) is 1.72. The van der Waals surface area contributed by atoms with E-state index in [0.29, 0.717) is 5.92 Å². The van der Waals surface area contributed by atoms with E-state index in [2.05, 4.69) is 40.7 Å². The third kappa shape index (κ3) is 7.70. The van der Waals surface area contributed by atoms with Gasteiger partial charge in [-0.3, -0.25) is 4.99 Å². The number of aliphatic hydroxyl groups is 1. The first-order valence-electron chi connectivity index (χ1n) is 11.7. The van der Waals surface area contributed by atoms with Crippen molar-refractivity contribution in [3.05, 3.63) is 24.3 Å². The molecule has 7 heteroatoms. The van der Waals surface area contributed by atoms with Crippen LogP contribution in [0, 0.1) is 11.3 Å². The highest BCUT2D eigenvalue weighted by atomic mass is 127. The van der Waals surface area contributed by atoms with E-state index >= 15 is 0 Å². The third-order valence-electron chi connectivity index (χ3n) is 6.74. The third-order valence-corrected chi connectivity index (χ3v) is 6.74. The SMILES string of the molecule is CCNC(=NCC1(CCO)CCCCC1)NCC1CCN(c2cccc(OC)c2)C1.I. The van der Waals surface area contributed by atoms with Crippen LogP contribution in [0.15, 0.2) is 29.3 Å². The first-order chi connectivity index (χ1) is 14.7. The molecule has 1 aromatic carbocycles. The molecule has 0 spiro atoms. The molecule has 2 aliphatic rings. The van der Waals surface area contributed by atoms with E-state index < -0.39 is 0 Å². The highest BCUT2D eigenvalue weighted by molar-refractivity contribution is 14.0. The molecule has 2 fully saturated rings. The number of hydrogen-bond acceptors (Lipinski definition) is 4. The maximum absolute atomic E-state index is 9.56. The van der Waals surface area contributed by atoms with Gasteiger partial charge in [0.15, 0.2) is 5.96 Å². The number of anilines is 1. The first-order valence-corrected chi connectivity index (χ1v) is 11.7. The van der Waals surface area contributed by atoms with Gasteiger partial charge >= 0.3 is 0 Å². The van der Waals surface area contributed by atoms with Gasteiger partial charge in [-0.25, -0.2) is 0 Å². The molecule has 0 radical (unpaired) electrons. The van der Waals surface area contributed by atoms with Crippen molar-refractivity contribution < 1.29 is 9.84 Å². The molecule has 0 aromatic heterocycles. The Morgan fingerprint density at radius 3 is 2.77 bits per heavy atom. The zero-order valence-corrected chi connectivity index (χ0v) is 21.6. The number of benzene rings is 1. The molecule has 176 valence electrons. The smallest absolute Gasteiger partial charge is 0.191 e. The van der Waals surface area contributed by atoms with E-state index in [1.807, 2.05) is 6.07 Å². The summed E-state index contributed by atoms with van der Waals surface area (Å²) in [5, 5.41) is 16.5. The largest absolute Gasteiger partial charge is 0.497 e. The van der Waals surface area contributed by atoms with E-state index in [1.54, 1.807) is 7.11 Å². The average Bonchev–Trinajstić information content (AvgIpc) is 3.26. The van der Waals surface area contributed by atoms with Crippen molar-refractivity contribution in [2.45, 2.75) is 51.9 Å². The summed E-state index contributed by atoms with van der Waals surface area (Å²) < 4.78 is 5.37. The van der Waals surface area contributed by atoms with Crippen LogP contribution in [0.4, 0.5) is 5.69 Å². The first kappa shape index (κ1) is 26.0. The lowest BCUT2D eigenvalue weighted by molar-refractivity contribution is 0.137. The summed E-state index contributed by atoms with van der Waals surface area (Å²) in [5.41, 5.74) is 1.42. The molecule has 3 N–H and O–H groups in total. The standard InChI is InChI=1S/C24H40N4O2.HI/c1-3-25-23(27-19-24(13-15-29)11-5-4-6-12-24)26-17-20-10-14-28(18-20)21-8-7-9-22(16-21)30-2;/h7-9,16,20,29H,3-6,10-15,17-19H2,1-2H3,(H2,25,26,27);1H. The van der Waals surface area contributed by atoms with Crippen LogP contribution in [0.5, 0.6) is 5.75 Å². The second-order valence-corrected chi connectivity index (χ2v) is 8.91. The maximum Gasteiger partial charge on any atom is 0.191 e. The number of nitrogens with one attached hydrogen (secondary N) is 2. The molecular formula is C24H41IN4O2. The monoisotopic (exact) mass is 544 g/mol. The number of guanidine groups is 1. The lowest BCUT2D eigenvalue weighted by Gasteiger charge is -2.35. The minimum atomic E-state index is 0. The molecule has 31 heavy (non-hydrogen) atoms. The summed E-state index contributed by atoms with van der Waals surface area (Å²) in [6, 6.07) is 8.33. The minimum absolute atomic E-state index is 0. The summed E-state index contributed by atoms with van der Waals surface area (Å²) in [5.74, 6) is 2.43. The summed E-state index contributed by atoms with van der Waals surface area (Å²) in [6.45, 7) is 7.10. The Bertz CT molecular complexity index is 674. The van der Waals surface area contributed by atoms with Crippen LogP contribution in [0.2, 0.25) is 0 Å². The number of halogens is 1. The summed E-state index contributed by atoms with van der Waals surface area (Å²) in [4.78, 5) is 7.38. The maximum atomic E-state index is 9.56. The van der Waals surface area contributed by atoms with E-state index in [1.165, 1.54) is 44.2 Å². The number of methoxy groups -OCH3 is 1. The van der Waals surface area contributed by atoms with Gasteiger partial charge in [-0.05, 0) is 56.1 Å². The van der Waals surface area contributed by atoms with E-state index in [4.69, 9.17) is 9.73 Å². The fourth-order valence-corrected chi connectivity index (χ4v) is 4.90. The Kier molecular flexibility index (Phi) is 11.2. The van der Waals surface area contributed by atoms with Crippen molar-refractivity contribution in [2.24, 2.45) is 16.3 Å². The van der Waals surface area contributed by atoms with Crippen LogP contribution in [0.25, 0.3) is 0 Å². The fraction of sp³-hybridized carbons (Fsp3) is 0.708. The molecular weight excluding hydrogens is 503 g/mol. The van der Waals surface area contributed by atoms with Gasteiger partial charge in [0.2, 0.25) is 0 Å². The Morgan fingerprint density at radius 2 is 2.06 bits per heavy atom. The predicted octanol–water partition coefficient (Wildman–Crippen LogP) is 4.03. The van der Waals surface area contributed by atoms with Crippen LogP contribution in [-0.2, 0) is 0 Å². The number of nitrogens with zero attached hydrogens (tertiary/aromatic N) is 2. The molecule has 3 rings (SSSR count). The van der Waals surface area contributed by atoms with Crippen molar-refractivity contribution in [1.29, 1.82) is 0 Å². The highest BCUT2D eigenvalue weighted by Gasteiger charge is 2.31. The van der Waals surface area contributed by atoms with Gasteiger partial charge in [0.05, 0.1) is 7.11 Å². The zero-order chi connectivity index (χ0) is 21.2. The molecule has 1 aliphatic heterocycles. The van der Waals surface area contributed by atoms with Crippen LogP contribution in [0.1, 0.15) is 51.9 Å². The lowest BCUT2D eigenvalue weighted by atomic mass is 9.72. The van der Waals surface area contributed by atoms with Gasteiger partial charge in [0, 0.05) is 51.1 Å². The average molecular weight is 545 g/mol. The van der Waals surface area contributed by atoms with Gasteiger partial charge in [-0.15, -0.1) is 24.0 Å². The molecule has 0 amide bonds. The highest BCUT2D eigenvalue weighted by Crippen LogP contribution is 2.39. The van der Waals surface area contributed by atoms with Crippen LogP contribution < -0.4 is 20.3 Å². The Morgan fingerprint density at radius 1 is 1.26 bits per heavy atom. The Labute approximate surface area is 205 Å². The van der Waals surface area contributed by atoms with Crippen molar-refractivity contribution in [3.63, 3.8) is 0 Å². The molecule has 1 unspecified atom stereocenters. The quantitative estimate of drug-likeness (QED) is 0.249. The Balaban J connectivity index is 0.00000341. The summed E-state index contributed by atoms with van der Waals surface area (Å²) in [6.07, 6.45) is 8.28. The van der Waals surface area contributed by atoms with Gasteiger partial charge in [-0.2, -0.15) is 0 Å². The number of aliphatic hydroxyl groups excluding tert-OH is 1. The van der Waals surface area contributed by atoms with E-state index in [9.17, 15) is 5.11 Å². The second-order valence-electron chi connectivity index (χ2n) is 8.91. The predicted molar refractivity (Wildman–Crippen MR) is 140 cm³/mol. The minimum Gasteiger partial charge on any atom is -0.497 e. The number of rotatable bonds is 9. The normalized spacial score (nSPS) is 20.8. The van der Waals surface area contributed by atoms with Crippen molar-refractivity contribution >= 4 is 35.6 Å². The van der Waals surface area contributed by atoms with Crippen LogP contribution in [-0.4, -0.2) is 57.5 Å². The van der Waals surface area contributed by atoms with Crippen molar-refractivity contribution in [1.82, 2.24) is 10.6 Å². The topological polar surface area (TPSA) is 69.1 Å². The van der Waals surface area contributed by atoms with Gasteiger partial charge in [-0.1, -0.05) is 25.3 Å². The molecule has 1 heterocycles. The second kappa shape index (κ2) is 13.4. The molecule has 0 bridgehead atoms. The van der Waals surface area contributed by atoms with E-state index in [-0.39, 0.29) is 36.0 Å². The lowest BCUT2D eigenvalue weighted by Crippen LogP contribution is -2.41. The number of hydrogen-bond donors (Lipinski definition) is 3. The molecule has 6 nitrogen and oxygen atoms in total. The van der Waals surface area contributed by atoms with E-state index in [0.717, 1.165) is 50.9 Å². The Hall–Kier alpha value is -1.22. The summed E-state index contributed by atoms with van der Waals surface area (Å²) >= 11 is 0. The fourth-order valence-electron chi connectivity index (χ4n) is 4.90. The number of aliphatic imine (C=N–C) groups is 1.